The lowest BCUT2D eigenvalue weighted by molar-refractivity contribution is 0.0642. The van der Waals surface area contributed by atoms with Gasteiger partial charge in [0.25, 0.3) is 0 Å². The maximum atomic E-state index is 5.15. The monoisotopic (exact) mass is 253 g/mol. The van der Waals surface area contributed by atoms with Crippen LogP contribution in [0.5, 0.6) is 0 Å². The lowest BCUT2D eigenvalue weighted by atomic mass is 9.61. The van der Waals surface area contributed by atoms with E-state index in [9.17, 15) is 0 Å². The third kappa shape index (κ3) is 3.71. The van der Waals surface area contributed by atoms with Gasteiger partial charge in [-0.2, -0.15) is 0 Å². The topological polar surface area (TPSA) is 21.3 Å². The zero-order chi connectivity index (χ0) is 12.7. The van der Waals surface area contributed by atoms with E-state index in [1.54, 1.807) is 7.11 Å². The second-order valence-corrected chi connectivity index (χ2v) is 6.43. The molecule has 1 N–H and O–H groups in total. The quantitative estimate of drug-likeness (QED) is 0.728. The summed E-state index contributed by atoms with van der Waals surface area (Å²) in [6, 6.07) is 0. The summed E-state index contributed by atoms with van der Waals surface area (Å²) in [6.07, 6.45) is 14.7. The highest BCUT2D eigenvalue weighted by Crippen LogP contribution is 2.47. The van der Waals surface area contributed by atoms with E-state index in [1.807, 2.05) is 0 Å². The van der Waals surface area contributed by atoms with Crippen LogP contribution in [0.3, 0.4) is 0 Å². The van der Waals surface area contributed by atoms with Gasteiger partial charge in [0.2, 0.25) is 0 Å². The Morgan fingerprint density at radius 3 is 2.33 bits per heavy atom. The van der Waals surface area contributed by atoms with Gasteiger partial charge in [0, 0.05) is 20.2 Å². The second kappa shape index (κ2) is 7.49. The third-order valence-electron chi connectivity index (χ3n) is 5.28. The predicted octanol–water partition coefficient (Wildman–Crippen LogP) is 3.75. The van der Waals surface area contributed by atoms with Crippen LogP contribution in [0.4, 0.5) is 0 Å². The van der Waals surface area contributed by atoms with E-state index >= 15 is 0 Å². The molecule has 0 unspecified atom stereocenters. The first-order chi connectivity index (χ1) is 8.87. The molecule has 2 heteroatoms. The van der Waals surface area contributed by atoms with Crippen LogP contribution >= 0.6 is 0 Å². The highest BCUT2D eigenvalue weighted by atomic mass is 16.5. The molecule has 0 heterocycles. The van der Waals surface area contributed by atoms with Crippen molar-refractivity contribution in [2.45, 2.75) is 64.2 Å². The number of rotatable bonds is 6. The van der Waals surface area contributed by atoms with E-state index in [-0.39, 0.29) is 0 Å². The van der Waals surface area contributed by atoms with E-state index in [4.69, 9.17) is 4.74 Å². The summed E-state index contributed by atoms with van der Waals surface area (Å²) in [5.74, 6) is 1.00. The van der Waals surface area contributed by atoms with Gasteiger partial charge in [0.05, 0.1) is 6.61 Å². The lowest BCUT2D eigenvalue weighted by Gasteiger charge is -2.46. The Morgan fingerprint density at radius 1 is 1.00 bits per heavy atom. The van der Waals surface area contributed by atoms with Gasteiger partial charge in [0.15, 0.2) is 0 Å². The van der Waals surface area contributed by atoms with Crippen LogP contribution in [0.2, 0.25) is 0 Å². The van der Waals surface area contributed by atoms with Gasteiger partial charge in [-0.15, -0.1) is 0 Å². The van der Waals surface area contributed by atoms with Crippen LogP contribution in [0.15, 0.2) is 0 Å². The van der Waals surface area contributed by atoms with Gasteiger partial charge >= 0.3 is 0 Å². The standard InChI is InChI=1S/C16H31NO/c1-18-13-12-17-14-16(10-6-3-7-11-16)15-8-4-2-5-9-15/h15,17H,2-14H2,1H3. The van der Waals surface area contributed by atoms with E-state index in [0.717, 1.165) is 19.1 Å². The fourth-order valence-electron chi connectivity index (χ4n) is 4.21. The Kier molecular flexibility index (Phi) is 5.97. The first-order valence-electron chi connectivity index (χ1n) is 8.07. The van der Waals surface area contributed by atoms with Crippen molar-refractivity contribution in [3.63, 3.8) is 0 Å². The summed E-state index contributed by atoms with van der Waals surface area (Å²) >= 11 is 0. The van der Waals surface area contributed by atoms with Crippen molar-refractivity contribution in [2.75, 3.05) is 26.8 Å². The van der Waals surface area contributed by atoms with Crippen molar-refractivity contribution < 1.29 is 4.74 Å². The molecule has 0 aromatic rings. The van der Waals surface area contributed by atoms with Gasteiger partial charge in [-0.25, -0.2) is 0 Å². The lowest BCUT2D eigenvalue weighted by Crippen LogP contribution is -2.43. The molecule has 2 saturated carbocycles. The maximum Gasteiger partial charge on any atom is 0.0587 e. The predicted molar refractivity (Wildman–Crippen MR) is 76.8 cm³/mol. The molecule has 0 aromatic heterocycles. The molecule has 0 aromatic carbocycles. The summed E-state index contributed by atoms with van der Waals surface area (Å²) in [7, 11) is 1.79. The normalized spacial score (nSPS) is 25.2. The fourth-order valence-corrected chi connectivity index (χ4v) is 4.21. The number of hydrogen-bond acceptors (Lipinski definition) is 2. The number of nitrogens with one attached hydrogen (secondary N) is 1. The van der Waals surface area contributed by atoms with Crippen molar-refractivity contribution in [2.24, 2.45) is 11.3 Å². The Hall–Kier alpha value is -0.0800. The van der Waals surface area contributed by atoms with Crippen LogP contribution in [0.25, 0.3) is 0 Å². The summed E-state index contributed by atoms with van der Waals surface area (Å²) in [5.41, 5.74) is 0.631. The number of methoxy groups -OCH3 is 1. The van der Waals surface area contributed by atoms with Crippen LogP contribution in [-0.2, 0) is 4.74 Å². The van der Waals surface area contributed by atoms with Crippen LogP contribution < -0.4 is 5.32 Å². The van der Waals surface area contributed by atoms with Crippen molar-refractivity contribution in [1.82, 2.24) is 5.32 Å². The number of hydrogen-bond donors (Lipinski definition) is 1. The highest BCUT2D eigenvalue weighted by molar-refractivity contribution is 4.92. The van der Waals surface area contributed by atoms with E-state index in [0.29, 0.717) is 5.41 Å². The van der Waals surface area contributed by atoms with Gasteiger partial charge in [-0.1, -0.05) is 38.5 Å². The SMILES string of the molecule is COCCNCC1(C2CCCCC2)CCCCC1. The molecule has 2 aliphatic carbocycles. The molecule has 0 saturated heterocycles. The highest BCUT2D eigenvalue weighted by Gasteiger charge is 2.39. The van der Waals surface area contributed by atoms with Gasteiger partial charge in [-0.05, 0) is 37.0 Å². The largest absolute Gasteiger partial charge is 0.383 e. The minimum Gasteiger partial charge on any atom is -0.383 e. The van der Waals surface area contributed by atoms with E-state index in [1.165, 1.54) is 70.8 Å². The molecule has 0 spiro atoms. The summed E-state index contributed by atoms with van der Waals surface area (Å²) in [4.78, 5) is 0. The Labute approximate surface area is 113 Å². The van der Waals surface area contributed by atoms with Crippen molar-refractivity contribution in [3.8, 4) is 0 Å². The molecule has 0 atom stereocenters. The summed E-state index contributed by atoms with van der Waals surface area (Å²) in [5, 5.41) is 3.67. The first-order valence-corrected chi connectivity index (χ1v) is 8.07. The molecule has 0 bridgehead atoms. The zero-order valence-electron chi connectivity index (χ0n) is 12.2. The smallest absolute Gasteiger partial charge is 0.0587 e. The van der Waals surface area contributed by atoms with E-state index < -0.39 is 0 Å². The van der Waals surface area contributed by atoms with Gasteiger partial charge in [0.1, 0.15) is 0 Å². The molecular weight excluding hydrogens is 222 g/mol. The second-order valence-electron chi connectivity index (χ2n) is 6.43. The van der Waals surface area contributed by atoms with E-state index in [2.05, 4.69) is 5.32 Å². The maximum absolute atomic E-state index is 5.15. The molecule has 2 rings (SSSR count). The average molecular weight is 253 g/mol. The molecule has 0 aliphatic heterocycles. The molecule has 2 fully saturated rings. The van der Waals surface area contributed by atoms with Gasteiger partial charge < -0.3 is 10.1 Å². The molecule has 2 aliphatic rings. The Bertz CT molecular complexity index is 217. The minimum atomic E-state index is 0.631. The third-order valence-corrected chi connectivity index (χ3v) is 5.28. The summed E-state index contributed by atoms with van der Waals surface area (Å²) < 4.78 is 5.15. The average Bonchev–Trinajstić information content (AvgIpc) is 2.46. The molecule has 2 nitrogen and oxygen atoms in total. The fraction of sp³-hybridized carbons (Fsp3) is 1.00. The summed E-state index contributed by atoms with van der Waals surface area (Å²) in [6.45, 7) is 3.10. The first kappa shape index (κ1) is 14.3. The molecule has 106 valence electrons. The van der Waals surface area contributed by atoms with Crippen LogP contribution in [0.1, 0.15) is 64.2 Å². The Morgan fingerprint density at radius 2 is 1.67 bits per heavy atom. The van der Waals surface area contributed by atoms with Crippen molar-refractivity contribution in [3.05, 3.63) is 0 Å². The number of ether oxygens (including phenoxy) is 1. The van der Waals surface area contributed by atoms with Crippen molar-refractivity contribution in [1.29, 1.82) is 0 Å². The Balaban J connectivity index is 1.88. The van der Waals surface area contributed by atoms with Crippen molar-refractivity contribution >= 4 is 0 Å². The molecular formula is C16H31NO. The van der Waals surface area contributed by atoms with Crippen LogP contribution in [0, 0.1) is 11.3 Å². The minimum absolute atomic E-state index is 0.631. The molecule has 0 radical (unpaired) electrons. The van der Waals surface area contributed by atoms with Crippen LogP contribution in [-0.4, -0.2) is 26.8 Å². The van der Waals surface area contributed by atoms with Gasteiger partial charge in [-0.3, -0.25) is 0 Å². The molecule has 0 amide bonds. The molecule has 18 heavy (non-hydrogen) atoms. The zero-order valence-corrected chi connectivity index (χ0v) is 12.2.